The van der Waals surface area contributed by atoms with Crippen LogP contribution in [0.15, 0.2) is 0 Å². The fourth-order valence-corrected chi connectivity index (χ4v) is 2.13. The van der Waals surface area contributed by atoms with Crippen molar-refractivity contribution < 1.29 is 14.7 Å². The summed E-state index contributed by atoms with van der Waals surface area (Å²) in [5, 5.41) is 10.2. The summed E-state index contributed by atoms with van der Waals surface area (Å²) in [6.45, 7) is 12.4. The predicted molar refractivity (Wildman–Crippen MR) is 69.8 cm³/mol. The number of hydrogen-bond donors (Lipinski definition) is 1. The van der Waals surface area contributed by atoms with E-state index < -0.39 is 16.6 Å². The molecular formula is C14H25NO3. The second kappa shape index (κ2) is 4.05. The van der Waals surface area contributed by atoms with Gasteiger partial charge in [-0.2, -0.15) is 0 Å². The van der Waals surface area contributed by atoms with Gasteiger partial charge in [0.25, 0.3) is 0 Å². The van der Waals surface area contributed by atoms with Crippen LogP contribution in [0.2, 0.25) is 0 Å². The topological polar surface area (TPSA) is 57.6 Å². The maximum absolute atomic E-state index is 12.6. The Balaban J connectivity index is 3.22. The van der Waals surface area contributed by atoms with Crippen LogP contribution >= 0.6 is 0 Å². The van der Waals surface area contributed by atoms with Crippen LogP contribution in [0.4, 0.5) is 0 Å². The first kappa shape index (κ1) is 15.2. The minimum absolute atomic E-state index is 0.0940. The molecule has 0 aliphatic carbocycles. The van der Waals surface area contributed by atoms with Gasteiger partial charge in [-0.1, -0.05) is 13.8 Å². The summed E-state index contributed by atoms with van der Waals surface area (Å²) < 4.78 is 0. The standard InChI is InChI=1S/C14H25NO3/c1-9(2)14(7)8-10(16)15(11(14)17)12(3,4)13(5,6)18/h9,18H,8H2,1-7H3. The molecule has 104 valence electrons. The second-order valence-corrected chi connectivity index (χ2v) is 6.90. The Labute approximate surface area is 109 Å². The number of hydrogen-bond acceptors (Lipinski definition) is 3. The Morgan fingerprint density at radius 2 is 1.67 bits per heavy atom. The van der Waals surface area contributed by atoms with Gasteiger partial charge in [-0.15, -0.1) is 0 Å². The lowest BCUT2D eigenvalue weighted by atomic mass is 9.77. The van der Waals surface area contributed by atoms with Crippen molar-refractivity contribution in [3.63, 3.8) is 0 Å². The number of aliphatic hydroxyl groups is 1. The van der Waals surface area contributed by atoms with Crippen molar-refractivity contribution in [3.05, 3.63) is 0 Å². The molecular weight excluding hydrogens is 230 g/mol. The van der Waals surface area contributed by atoms with Gasteiger partial charge in [0.2, 0.25) is 11.8 Å². The van der Waals surface area contributed by atoms with E-state index in [1.807, 2.05) is 20.8 Å². The summed E-state index contributed by atoms with van der Waals surface area (Å²) in [7, 11) is 0. The van der Waals surface area contributed by atoms with E-state index in [9.17, 15) is 14.7 Å². The normalized spacial score (nSPS) is 26.4. The van der Waals surface area contributed by atoms with Crippen molar-refractivity contribution in [1.82, 2.24) is 4.90 Å². The van der Waals surface area contributed by atoms with Gasteiger partial charge in [-0.3, -0.25) is 14.5 Å². The molecule has 1 unspecified atom stereocenters. The van der Waals surface area contributed by atoms with E-state index in [1.165, 1.54) is 4.90 Å². The molecule has 1 atom stereocenters. The smallest absolute Gasteiger partial charge is 0.236 e. The first-order valence-electron chi connectivity index (χ1n) is 6.45. The van der Waals surface area contributed by atoms with Gasteiger partial charge in [0.1, 0.15) is 0 Å². The fourth-order valence-electron chi connectivity index (χ4n) is 2.13. The molecule has 1 aliphatic rings. The van der Waals surface area contributed by atoms with Gasteiger partial charge in [-0.05, 0) is 40.5 Å². The molecule has 1 heterocycles. The first-order chi connectivity index (χ1) is 7.85. The zero-order valence-corrected chi connectivity index (χ0v) is 12.5. The van der Waals surface area contributed by atoms with Crippen LogP contribution < -0.4 is 0 Å². The highest BCUT2D eigenvalue weighted by atomic mass is 16.3. The third-order valence-corrected chi connectivity index (χ3v) is 4.79. The summed E-state index contributed by atoms with van der Waals surface area (Å²) in [5.41, 5.74) is -2.70. The van der Waals surface area contributed by atoms with E-state index in [-0.39, 0.29) is 24.2 Å². The molecule has 4 nitrogen and oxygen atoms in total. The monoisotopic (exact) mass is 255 g/mol. The third kappa shape index (κ3) is 1.96. The average molecular weight is 255 g/mol. The number of carbonyl (C=O) groups excluding carboxylic acids is 2. The Morgan fingerprint density at radius 3 is 1.94 bits per heavy atom. The van der Waals surface area contributed by atoms with Gasteiger partial charge < -0.3 is 5.11 Å². The molecule has 0 aromatic heterocycles. The van der Waals surface area contributed by atoms with E-state index in [1.54, 1.807) is 27.7 Å². The molecule has 0 aromatic rings. The van der Waals surface area contributed by atoms with E-state index in [2.05, 4.69) is 0 Å². The predicted octanol–water partition coefficient (Wildman–Crippen LogP) is 1.96. The van der Waals surface area contributed by atoms with Crippen LogP contribution in [0.1, 0.15) is 54.9 Å². The Bertz CT molecular complexity index is 379. The minimum Gasteiger partial charge on any atom is -0.388 e. The molecule has 0 aromatic carbocycles. The minimum atomic E-state index is -1.14. The number of imide groups is 1. The van der Waals surface area contributed by atoms with Crippen LogP contribution in [0.3, 0.4) is 0 Å². The highest BCUT2D eigenvalue weighted by Crippen LogP contribution is 2.44. The molecule has 0 radical (unpaired) electrons. The van der Waals surface area contributed by atoms with Gasteiger partial charge in [0, 0.05) is 6.42 Å². The molecule has 1 rings (SSSR count). The highest BCUT2D eigenvalue weighted by molar-refractivity contribution is 6.06. The van der Waals surface area contributed by atoms with Gasteiger partial charge in [-0.25, -0.2) is 0 Å². The van der Waals surface area contributed by atoms with Crippen LogP contribution in [0, 0.1) is 11.3 Å². The fraction of sp³-hybridized carbons (Fsp3) is 0.857. The van der Waals surface area contributed by atoms with Gasteiger partial charge in [0.05, 0.1) is 16.6 Å². The summed E-state index contributed by atoms with van der Waals surface area (Å²) in [6.07, 6.45) is 0.225. The van der Waals surface area contributed by atoms with Crippen LogP contribution in [0.25, 0.3) is 0 Å². The summed E-state index contributed by atoms with van der Waals surface area (Å²) >= 11 is 0. The van der Waals surface area contributed by atoms with Gasteiger partial charge in [0.15, 0.2) is 0 Å². The van der Waals surface area contributed by atoms with Crippen molar-refractivity contribution in [1.29, 1.82) is 0 Å². The molecule has 1 N–H and O–H groups in total. The van der Waals surface area contributed by atoms with Crippen molar-refractivity contribution in [3.8, 4) is 0 Å². The maximum Gasteiger partial charge on any atom is 0.236 e. The largest absolute Gasteiger partial charge is 0.388 e. The van der Waals surface area contributed by atoms with Crippen molar-refractivity contribution in [2.24, 2.45) is 11.3 Å². The van der Waals surface area contributed by atoms with Crippen LogP contribution in [-0.4, -0.2) is 33.0 Å². The number of nitrogens with zero attached hydrogens (tertiary/aromatic N) is 1. The number of carbonyl (C=O) groups is 2. The zero-order chi connectivity index (χ0) is 14.5. The zero-order valence-electron chi connectivity index (χ0n) is 12.5. The molecule has 18 heavy (non-hydrogen) atoms. The van der Waals surface area contributed by atoms with Gasteiger partial charge >= 0.3 is 0 Å². The van der Waals surface area contributed by atoms with E-state index in [0.717, 1.165) is 0 Å². The summed E-state index contributed by atoms with van der Waals surface area (Å²) in [6, 6.07) is 0. The van der Waals surface area contributed by atoms with Crippen LogP contribution in [-0.2, 0) is 9.59 Å². The van der Waals surface area contributed by atoms with Crippen molar-refractivity contribution in [2.45, 2.75) is 66.0 Å². The van der Waals surface area contributed by atoms with E-state index in [0.29, 0.717) is 0 Å². The second-order valence-electron chi connectivity index (χ2n) is 6.90. The number of likely N-dealkylation sites (tertiary alicyclic amines) is 1. The molecule has 0 saturated carbocycles. The maximum atomic E-state index is 12.6. The van der Waals surface area contributed by atoms with Crippen LogP contribution in [0.5, 0.6) is 0 Å². The van der Waals surface area contributed by atoms with Crippen molar-refractivity contribution >= 4 is 11.8 Å². The molecule has 4 heteroatoms. The van der Waals surface area contributed by atoms with E-state index >= 15 is 0 Å². The Morgan fingerprint density at radius 1 is 1.22 bits per heavy atom. The van der Waals surface area contributed by atoms with Crippen molar-refractivity contribution in [2.75, 3.05) is 0 Å². The molecule has 2 amide bonds. The molecule has 1 aliphatic heterocycles. The van der Waals surface area contributed by atoms with E-state index in [4.69, 9.17) is 0 Å². The summed E-state index contributed by atoms with van der Waals surface area (Å²) in [5.74, 6) is -0.269. The molecule has 1 fully saturated rings. The lowest BCUT2D eigenvalue weighted by Gasteiger charge is -2.44. The molecule has 0 bridgehead atoms. The lowest BCUT2D eigenvalue weighted by molar-refractivity contribution is -0.158. The average Bonchev–Trinajstić information content (AvgIpc) is 2.37. The SMILES string of the molecule is CC(C)C1(C)CC(=O)N(C(C)(C)C(C)(C)O)C1=O. The molecule has 1 saturated heterocycles. The quantitative estimate of drug-likeness (QED) is 0.784. The Hall–Kier alpha value is -0.900. The number of rotatable bonds is 3. The Kier molecular flexibility index (Phi) is 3.41. The lowest BCUT2D eigenvalue weighted by Crippen LogP contribution is -2.60. The number of amides is 2. The first-order valence-corrected chi connectivity index (χ1v) is 6.45. The summed E-state index contributed by atoms with van der Waals surface area (Å²) in [4.78, 5) is 26.0. The highest BCUT2D eigenvalue weighted by Gasteiger charge is 2.57. The third-order valence-electron chi connectivity index (χ3n) is 4.79. The molecule has 0 spiro atoms.